The van der Waals surface area contributed by atoms with Crippen LogP contribution in [0, 0.1) is 20.8 Å². The smallest absolute Gasteiger partial charge is 0.140 e. The fourth-order valence-electron chi connectivity index (χ4n) is 3.65. The Kier molecular flexibility index (Phi) is 4.04. The van der Waals surface area contributed by atoms with E-state index in [1.54, 1.807) is 6.33 Å². The van der Waals surface area contributed by atoms with Crippen LogP contribution in [0.15, 0.2) is 42.7 Å². The van der Waals surface area contributed by atoms with E-state index >= 15 is 0 Å². The van der Waals surface area contributed by atoms with E-state index < -0.39 is 0 Å². The van der Waals surface area contributed by atoms with E-state index in [9.17, 15) is 0 Å². The van der Waals surface area contributed by atoms with Crippen LogP contribution in [-0.4, -0.2) is 36.1 Å². The standard InChI is InChI=1S/C21H24N4/c1-15-7-8-19-18(13-15)21(23-14-22-19)25-11-9-24(10-12-25)20-6-4-5-16(2)17(20)3/h4-8,13-14H,9-12H2,1-3H3. The van der Waals surface area contributed by atoms with E-state index in [0.717, 1.165) is 42.9 Å². The maximum atomic E-state index is 4.60. The van der Waals surface area contributed by atoms with Crippen LogP contribution < -0.4 is 9.80 Å². The van der Waals surface area contributed by atoms with Crippen molar-refractivity contribution in [3.8, 4) is 0 Å². The fraction of sp³-hybridized carbons (Fsp3) is 0.333. The zero-order valence-corrected chi connectivity index (χ0v) is 15.2. The van der Waals surface area contributed by atoms with Gasteiger partial charge in [0.15, 0.2) is 0 Å². The molecule has 0 radical (unpaired) electrons. The predicted octanol–water partition coefficient (Wildman–Crippen LogP) is 3.88. The summed E-state index contributed by atoms with van der Waals surface area (Å²) in [5.74, 6) is 1.06. The molecule has 0 bridgehead atoms. The maximum absolute atomic E-state index is 4.60. The lowest BCUT2D eigenvalue weighted by molar-refractivity contribution is 0.647. The highest BCUT2D eigenvalue weighted by molar-refractivity contribution is 5.90. The third-order valence-electron chi connectivity index (χ3n) is 5.27. The quantitative estimate of drug-likeness (QED) is 0.713. The van der Waals surface area contributed by atoms with Crippen molar-refractivity contribution in [2.24, 2.45) is 0 Å². The Balaban J connectivity index is 1.58. The maximum Gasteiger partial charge on any atom is 0.140 e. The average molecular weight is 332 g/mol. The largest absolute Gasteiger partial charge is 0.368 e. The Labute approximate surface area is 149 Å². The number of piperazine rings is 1. The highest BCUT2D eigenvalue weighted by atomic mass is 15.3. The molecule has 3 aromatic rings. The van der Waals surface area contributed by atoms with Gasteiger partial charge in [0.2, 0.25) is 0 Å². The molecule has 0 saturated carbocycles. The van der Waals surface area contributed by atoms with Gasteiger partial charge < -0.3 is 9.80 Å². The topological polar surface area (TPSA) is 32.3 Å². The fourth-order valence-corrected chi connectivity index (χ4v) is 3.65. The van der Waals surface area contributed by atoms with Gasteiger partial charge in [0, 0.05) is 37.3 Å². The third kappa shape index (κ3) is 2.93. The molecule has 1 aliphatic rings. The first kappa shape index (κ1) is 15.9. The van der Waals surface area contributed by atoms with Crippen molar-refractivity contribution in [3.05, 3.63) is 59.4 Å². The SMILES string of the molecule is Cc1ccc2ncnc(N3CCN(c4cccc(C)c4C)CC3)c2c1. The Bertz CT molecular complexity index is 911. The molecule has 0 spiro atoms. The monoisotopic (exact) mass is 332 g/mol. The molecule has 1 aromatic heterocycles. The van der Waals surface area contributed by atoms with Crippen LogP contribution >= 0.6 is 0 Å². The summed E-state index contributed by atoms with van der Waals surface area (Å²) < 4.78 is 0. The summed E-state index contributed by atoms with van der Waals surface area (Å²) in [6.45, 7) is 10.5. The number of anilines is 2. The second kappa shape index (κ2) is 6.36. The lowest BCUT2D eigenvalue weighted by Gasteiger charge is -2.38. The third-order valence-corrected chi connectivity index (χ3v) is 5.27. The van der Waals surface area contributed by atoms with Crippen molar-refractivity contribution in [2.75, 3.05) is 36.0 Å². The van der Waals surface area contributed by atoms with Gasteiger partial charge in [-0.05, 0) is 50.1 Å². The summed E-state index contributed by atoms with van der Waals surface area (Å²) in [5, 5.41) is 1.16. The average Bonchev–Trinajstić information content (AvgIpc) is 2.64. The molecule has 128 valence electrons. The van der Waals surface area contributed by atoms with Crippen LogP contribution in [0.25, 0.3) is 10.9 Å². The molecule has 2 heterocycles. The molecule has 0 N–H and O–H groups in total. The number of rotatable bonds is 2. The molecule has 4 nitrogen and oxygen atoms in total. The second-order valence-corrected chi connectivity index (χ2v) is 6.91. The van der Waals surface area contributed by atoms with Gasteiger partial charge in [-0.2, -0.15) is 0 Å². The summed E-state index contributed by atoms with van der Waals surface area (Å²) in [6.07, 6.45) is 1.68. The molecular weight excluding hydrogens is 308 g/mol. The molecule has 4 heteroatoms. The Morgan fingerprint density at radius 3 is 2.40 bits per heavy atom. The number of nitrogens with zero attached hydrogens (tertiary/aromatic N) is 4. The number of fused-ring (bicyclic) bond motifs is 1. The van der Waals surface area contributed by atoms with Gasteiger partial charge in [-0.3, -0.25) is 0 Å². The molecule has 0 atom stereocenters. The Morgan fingerprint density at radius 1 is 0.840 bits per heavy atom. The van der Waals surface area contributed by atoms with E-state index in [2.05, 4.69) is 76.9 Å². The summed E-state index contributed by atoms with van der Waals surface area (Å²) in [5.41, 5.74) is 6.38. The highest BCUT2D eigenvalue weighted by Gasteiger charge is 2.21. The molecule has 25 heavy (non-hydrogen) atoms. The minimum Gasteiger partial charge on any atom is -0.368 e. The molecule has 1 saturated heterocycles. The van der Waals surface area contributed by atoms with Crippen LogP contribution in [0.1, 0.15) is 16.7 Å². The van der Waals surface area contributed by atoms with Crippen LogP contribution in [0.3, 0.4) is 0 Å². The Morgan fingerprint density at radius 2 is 1.60 bits per heavy atom. The van der Waals surface area contributed by atoms with Crippen LogP contribution in [-0.2, 0) is 0 Å². The molecule has 0 aliphatic carbocycles. The van der Waals surface area contributed by atoms with Crippen molar-refractivity contribution < 1.29 is 0 Å². The molecule has 1 fully saturated rings. The van der Waals surface area contributed by atoms with Gasteiger partial charge in [0.1, 0.15) is 12.1 Å². The normalized spacial score (nSPS) is 15.0. The zero-order chi connectivity index (χ0) is 17.4. The lowest BCUT2D eigenvalue weighted by atomic mass is 10.1. The zero-order valence-electron chi connectivity index (χ0n) is 15.2. The van der Waals surface area contributed by atoms with Gasteiger partial charge in [0.05, 0.1) is 5.52 Å². The van der Waals surface area contributed by atoms with Gasteiger partial charge in [-0.1, -0.05) is 23.8 Å². The first-order valence-corrected chi connectivity index (χ1v) is 8.91. The second-order valence-electron chi connectivity index (χ2n) is 6.91. The summed E-state index contributed by atoms with van der Waals surface area (Å²) in [7, 11) is 0. The number of hydrogen-bond acceptors (Lipinski definition) is 4. The van der Waals surface area contributed by atoms with Gasteiger partial charge >= 0.3 is 0 Å². The number of hydrogen-bond donors (Lipinski definition) is 0. The lowest BCUT2D eigenvalue weighted by Crippen LogP contribution is -2.47. The molecule has 4 rings (SSSR count). The summed E-state index contributed by atoms with van der Waals surface area (Å²) in [6, 6.07) is 13.0. The van der Waals surface area contributed by atoms with Gasteiger partial charge in [0.25, 0.3) is 0 Å². The first-order valence-electron chi connectivity index (χ1n) is 8.91. The van der Waals surface area contributed by atoms with Crippen molar-refractivity contribution in [2.45, 2.75) is 20.8 Å². The minimum atomic E-state index is 0.980. The van der Waals surface area contributed by atoms with Crippen LogP contribution in [0.5, 0.6) is 0 Å². The molecule has 1 aliphatic heterocycles. The number of aromatic nitrogens is 2. The van der Waals surface area contributed by atoms with Gasteiger partial charge in [-0.15, -0.1) is 0 Å². The van der Waals surface area contributed by atoms with Crippen molar-refractivity contribution >= 4 is 22.4 Å². The molecule has 2 aromatic carbocycles. The van der Waals surface area contributed by atoms with Crippen LogP contribution in [0.2, 0.25) is 0 Å². The van der Waals surface area contributed by atoms with Gasteiger partial charge in [-0.25, -0.2) is 9.97 Å². The predicted molar refractivity (Wildman–Crippen MR) is 105 cm³/mol. The van der Waals surface area contributed by atoms with Crippen molar-refractivity contribution in [1.82, 2.24) is 9.97 Å². The number of benzene rings is 2. The summed E-state index contributed by atoms with van der Waals surface area (Å²) in [4.78, 5) is 13.9. The molecular formula is C21H24N4. The van der Waals surface area contributed by atoms with Crippen molar-refractivity contribution in [3.63, 3.8) is 0 Å². The molecule has 0 unspecified atom stereocenters. The summed E-state index contributed by atoms with van der Waals surface area (Å²) >= 11 is 0. The van der Waals surface area contributed by atoms with E-state index in [0.29, 0.717) is 0 Å². The highest BCUT2D eigenvalue weighted by Crippen LogP contribution is 2.28. The van der Waals surface area contributed by atoms with Crippen LogP contribution in [0.4, 0.5) is 11.5 Å². The molecule has 0 amide bonds. The van der Waals surface area contributed by atoms with E-state index in [-0.39, 0.29) is 0 Å². The Hall–Kier alpha value is -2.62. The van der Waals surface area contributed by atoms with E-state index in [1.165, 1.54) is 22.4 Å². The number of aryl methyl sites for hydroxylation is 2. The first-order chi connectivity index (χ1) is 12.1. The van der Waals surface area contributed by atoms with Crippen molar-refractivity contribution in [1.29, 1.82) is 0 Å². The van der Waals surface area contributed by atoms with E-state index in [4.69, 9.17) is 0 Å². The minimum absolute atomic E-state index is 0.980. The van der Waals surface area contributed by atoms with E-state index in [1.807, 2.05) is 0 Å².